The molecular weight excluding hydrogens is 346 g/mol. The summed E-state index contributed by atoms with van der Waals surface area (Å²) < 4.78 is 0. The van der Waals surface area contributed by atoms with Gasteiger partial charge < -0.3 is 15.8 Å². The molecule has 0 aliphatic heterocycles. The highest BCUT2D eigenvalue weighted by molar-refractivity contribution is 6.12. The Morgan fingerprint density at radius 2 is 1.46 bits per heavy atom. The summed E-state index contributed by atoms with van der Waals surface area (Å²) in [4.78, 5) is 2.27. The van der Waals surface area contributed by atoms with Gasteiger partial charge in [-0.05, 0) is 31.0 Å². The normalized spacial score (nSPS) is 12.6. The zero-order chi connectivity index (χ0) is 19.8. The smallest absolute Gasteiger partial charge is 0.0971 e. The van der Waals surface area contributed by atoms with Crippen molar-refractivity contribution in [1.82, 2.24) is 0 Å². The quantitative estimate of drug-likeness (QED) is 0.351. The Bertz CT molecular complexity index is 877. The van der Waals surface area contributed by atoms with Gasteiger partial charge in [0.1, 0.15) is 0 Å². The van der Waals surface area contributed by atoms with E-state index in [-0.39, 0.29) is 0 Å². The molecule has 0 aliphatic carbocycles. The third-order valence-electron chi connectivity index (χ3n) is 4.92. The fourth-order valence-corrected chi connectivity index (χ4v) is 3.33. The molecule has 0 fully saturated rings. The van der Waals surface area contributed by atoms with Gasteiger partial charge in [-0.2, -0.15) is 5.10 Å². The summed E-state index contributed by atoms with van der Waals surface area (Å²) in [6.07, 6.45) is 0.153. The molecule has 0 aromatic heterocycles. The van der Waals surface area contributed by atoms with Gasteiger partial charge >= 0.3 is 0 Å². The molecule has 28 heavy (non-hydrogen) atoms. The van der Waals surface area contributed by atoms with Crippen LogP contribution in [0.2, 0.25) is 0 Å². The Morgan fingerprint density at radius 1 is 0.893 bits per heavy atom. The zero-order valence-electron chi connectivity index (χ0n) is 16.2. The molecule has 0 spiro atoms. The molecule has 0 amide bonds. The van der Waals surface area contributed by atoms with E-state index in [9.17, 15) is 5.11 Å². The van der Waals surface area contributed by atoms with E-state index < -0.39 is 6.10 Å². The summed E-state index contributed by atoms with van der Waals surface area (Å²) in [5, 5.41) is 14.6. The van der Waals surface area contributed by atoms with E-state index in [1.54, 1.807) is 0 Å². The fraction of sp³-hybridized carbons (Fsp3) is 0.208. The van der Waals surface area contributed by atoms with Gasteiger partial charge in [0.25, 0.3) is 0 Å². The minimum atomic E-state index is -0.512. The van der Waals surface area contributed by atoms with Crippen molar-refractivity contribution in [2.24, 2.45) is 10.9 Å². The highest BCUT2D eigenvalue weighted by Crippen LogP contribution is 2.21. The van der Waals surface area contributed by atoms with E-state index in [2.05, 4.69) is 29.1 Å². The van der Waals surface area contributed by atoms with Crippen LogP contribution in [0.3, 0.4) is 0 Å². The Kier molecular flexibility index (Phi) is 6.82. The lowest BCUT2D eigenvalue weighted by Crippen LogP contribution is -2.25. The Balaban J connectivity index is 1.66. The standard InChI is InChI=1S/C24H27N3O/c1-2-27(22-11-7-4-8-12-22)18-17-23(28)19-13-15-21(16-14-19)24(26-25)20-9-5-3-6-10-20/h3-16,23,28H,2,17-18,25H2,1H3. The third kappa shape index (κ3) is 4.78. The van der Waals surface area contributed by atoms with Crippen LogP contribution in [-0.4, -0.2) is 23.9 Å². The van der Waals surface area contributed by atoms with Crippen LogP contribution in [0, 0.1) is 0 Å². The van der Waals surface area contributed by atoms with Gasteiger partial charge in [-0.1, -0.05) is 72.8 Å². The molecule has 1 atom stereocenters. The van der Waals surface area contributed by atoms with Gasteiger partial charge in [0.15, 0.2) is 0 Å². The first-order valence-electron chi connectivity index (χ1n) is 9.64. The summed E-state index contributed by atoms with van der Waals surface area (Å²) in [6.45, 7) is 3.83. The average molecular weight is 374 g/mol. The Labute approximate surface area is 166 Å². The van der Waals surface area contributed by atoms with E-state index in [1.807, 2.05) is 72.8 Å². The molecular formula is C24H27N3O. The van der Waals surface area contributed by atoms with E-state index in [4.69, 9.17) is 5.84 Å². The summed E-state index contributed by atoms with van der Waals surface area (Å²) in [6, 6.07) is 28.0. The minimum Gasteiger partial charge on any atom is -0.388 e. The number of nitrogens with zero attached hydrogens (tertiary/aromatic N) is 2. The van der Waals surface area contributed by atoms with Crippen molar-refractivity contribution in [2.75, 3.05) is 18.0 Å². The average Bonchev–Trinajstić information content (AvgIpc) is 2.76. The highest BCUT2D eigenvalue weighted by atomic mass is 16.3. The molecule has 0 heterocycles. The number of hydrazone groups is 1. The van der Waals surface area contributed by atoms with Crippen LogP contribution in [0.4, 0.5) is 5.69 Å². The molecule has 0 radical (unpaired) electrons. The summed E-state index contributed by atoms with van der Waals surface area (Å²) in [5.41, 5.74) is 4.73. The van der Waals surface area contributed by atoms with Crippen molar-refractivity contribution in [2.45, 2.75) is 19.4 Å². The van der Waals surface area contributed by atoms with Crippen LogP contribution in [0.25, 0.3) is 0 Å². The second-order valence-electron chi connectivity index (χ2n) is 6.69. The summed E-state index contributed by atoms with van der Waals surface area (Å²) in [7, 11) is 0. The number of anilines is 1. The van der Waals surface area contributed by atoms with Crippen molar-refractivity contribution in [1.29, 1.82) is 0 Å². The van der Waals surface area contributed by atoms with Crippen LogP contribution >= 0.6 is 0 Å². The molecule has 3 rings (SSSR count). The van der Waals surface area contributed by atoms with Crippen molar-refractivity contribution < 1.29 is 5.11 Å². The van der Waals surface area contributed by atoms with Gasteiger partial charge in [-0.25, -0.2) is 0 Å². The molecule has 3 aromatic rings. The molecule has 1 unspecified atom stereocenters. The molecule has 0 saturated heterocycles. The largest absolute Gasteiger partial charge is 0.388 e. The number of para-hydroxylation sites is 1. The number of hydrogen-bond acceptors (Lipinski definition) is 4. The van der Waals surface area contributed by atoms with E-state index in [1.165, 1.54) is 5.69 Å². The number of hydrogen-bond donors (Lipinski definition) is 2. The molecule has 0 bridgehead atoms. The first kappa shape index (κ1) is 19.6. The van der Waals surface area contributed by atoms with Gasteiger partial charge in [0.05, 0.1) is 11.8 Å². The second kappa shape index (κ2) is 9.72. The lowest BCUT2D eigenvalue weighted by molar-refractivity contribution is 0.169. The number of nitrogens with two attached hydrogens (primary N) is 1. The van der Waals surface area contributed by atoms with Crippen molar-refractivity contribution in [3.63, 3.8) is 0 Å². The van der Waals surface area contributed by atoms with Crippen LogP contribution in [-0.2, 0) is 0 Å². The molecule has 3 N–H and O–H groups in total. The minimum absolute atomic E-state index is 0.512. The van der Waals surface area contributed by atoms with E-state index >= 15 is 0 Å². The fourth-order valence-electron chi connectivity index (χ4n) is 3.33. The van der Waals surface area contributed by atoms with Crippen LogP contribution in [0.15, 0.2) is 90.0 Å². The van der Waals surface area contributed by atoms with Crippen LogP contribution < -0.4 is 10.7 Å². The van der Waals surface area contributed by atoms with Crippen LogP contribution in [0.1, 0.15) is 36.1 Å². The van der Waals surface area contributed by atoms with Gasteiger partial charge in [0, 0.05) is 29.9 Å². The van der Waals surface area contributed by atoms with Gasteiger partial charge in [-0.3, -0.25) is 0 Å². The maximum Gasteiger partial charge on any atom is 0.0971 e. The first-order valence-corrected chi connectivity index (χ1v) is 9.64. The first-order chi connectivity index (χ1) is 13.7. The molecule has 4 heteroatoms. The number of aliphatic hydroxyl groups is 1. The number of aliphatic hydroxyl groups excluding tert-OH is 1. The Morgan fingerprint density at radius 3 is 2.04 bits per heavy atom. The maximum absolute atomic E-state index is 10.6. The summed E-state index contributed by atoms with van der Waals surface area (Å²) in [5.74, 6) is 5.62. The lowest BCUT2D eigenvalue weighted by Gasteiger charge is -2.24. The van der Waals surface area contributed by atoms with Crippen molar-refractivity contribution >= 4 is 11.4 Å². The molecule has 0 aliphatic rings. The zero-order valence-corrected chi connectivity index (χ0v) is 16.2. The molecule has 0 saturated carbocycles. The van der Waals surface area contributed by atoms with E-state index in [0.29, 0.717) is 6.42 Å². The van der Waals surface area contributed by atoms with E-state index in [0.717, 1.165) is 35.5 Å². The second-order valence-corrected chi connectivity index (χ2v) is 6.69. The van der Waals surface area contributed by atoms with Gasteiger partial charge in [0.2, 0.25) is 0 Å². The molecule has 144 valence electrons. The molecule has 4 nitrogen and oxygen atoms in total. The third-order valence-corrected chi connectivity index (χ3v) is 4.92. The topological polar surface area (TPSA) is 61.8 Å². The van der Waals surface area contributed by atoms with Gasteiger partial charge in [-0.15, -0.1) is 0 Å². The van der Waals surface area contributed by atoms with Crippen LogP contribution in [0.5, 0.6) is 0 Å². The highest BCUT2D eigenvalue weighted by Gasteiger charge is 2.12. The lowest BCUT2D eigenvalue weighted by atomic mass is 9.99. The monoisotopic (exact) mass is 373 g/mol. The Hall–Kier alpha value is -3.11. The SMILES string of the molecule is CCN(CCC(O)c1ccc(C(=NN)c2ccccc2)cc1)c1ccccc1. The summed E-state index contributed by atoms with van der Waals surface area (Å²) >= 11 is 0. The predicted molar refractivity (Wildman–Crippen MR) is 117 cm³/mol. The maximum atomic E-state index is 10.6. The van der Waals surface area contributed by atoms with Crippen molar-refractivity contribution in [3.8, 4) is 0 Å². The molecule has 3 aromatic carbocycles. The number of rotatable bonds is 8. The predicted octanol–water partition coefficient (Wildman–Crippen LogP) is 4.35. The van der Waals surface area contributed by atoms with Crippen molar-refractivity contribution in [3.05, 3.63) is 102 Å². The number of benzene rings is 3.